The van der Waals surface area contributed by atoms with Crippen molar-refractivity contribution in [3.63, 3.8) is 0 Å². The predicted molar refractivity (Wildman–Crippen MR) is 92.6 cm³/mol. The fourth-order valence-electron chi connectivity index (χ4n) is 2.58. The molecule has 1 rings (SSSR count). The van der Waals surface area contributed by atoms with Gasteiger partial charge in [-0.05, 0) is 32.6 Å². The van der Waals surface area contributed by atoms with E-state index in [-0.39, 0.29) is 11.9 Å². The van der Waals surface area contributed by atoms with E-state index in [4.69, 9.17) is 9.47 Å². The van der Waals surface area contributed by atoms with Crippen molar-refractivity contribution >= 4 is 11.9 Å². The number of aliphatic imine (C=N–C) groups is 1. The number of ether oxygens (including phenoxy) is 2. The summed E-state index contributed by atoms with van der Waals surface area (Å²) in [5.41, 5.74) is 0. The lowest BCUT2D eigenvalue weighted by Crippen LogP contribution is -2.48. The van der Waals surface area contributed by atoms with Gasteiger partial charge < -0.3 is 19.7 Å². The van der Waals surface area contributed by atoms with Crippen LogP contribution in [0.5, 0.6) is 0 Å². The molecular weight excluding hydrogens is 294 g/mol. The first-order valence-electron chi connectivity index (χ1n) is 8.86. The molecule has 0 aromatic rings. The molecule has 0 radical (unpaired) electrons. The number of piperidine rings is 1. The molecule has 134 valence electrons. The number of carbonyl (C=O) groups is 1. The van der Waals surface area contributed by atoms with E-state index in [1.807, 2.05) is 6.92 Å². The molecule has 0 aromatic carbocycles. The number of likely N-dealkylation sites (tertiary alicyclic amines) is 1. The molecule has 0 unspecified atom stereocenters. The van der Waals surface area contributed by atoms with Crippen LogP contribution in [-0.2, 0) is 14.3 Å². The minimum Gasteiger partial charge on any atom is -0.466 e. The van der Waals surface area contributed by atoms with Crippen LogP contribution in [0.2, 0.25) is 0 Å². The third-order valence-electron chi connectivity index (χ3n) is 3.62. The Balaban J connectivity index is 2.52. The predicted octanol–water partition coefficient (Wildman–Crippen LogP) is 1.90. The molecule has 1 fully saturated rings. The lowest BCUT2D eigenvalue weighted by atomic mass is 9.98. The number of nitrogens with zero attached hydrogens (tertiary/aromatic N) is 2. The fraction of sp³-hybridized carbons (Fsp3) is 0.882. The highest BCUT2D eigenvalue weighted by Gasteiger charge is 2.28. The normalized spacial score (nSPS) is 19.1. The highest BCUT2D eigenvalue weighted by molar-refractivity contribution is 5.81. The van der Waals surface area contributed by atoms with Crippen molar-refractivity contribution in [2.75, 3.05) is 46.0 Å². The highest BCUT2D eigenvalue weighted by atomic mass is 16.5. The number of guanidine groups is 1. The number of nitrogens with one attached hydrogen (secondary N) is 1. The summed E-state index contributed by atoms with van der Waals surface area (Å²) < 4.78 is 10.7. The van der Waals surface area contributed by atoms with Crippen LogP contribution in [0.1, 0.15) is 40.5 Å². The molecule has 6 nitrogen and oxygen atoms in total. The summed E-state index contributed by atoms with van der Waals surface area (Å²) in [5, 5.41) is 3.31. The first-order valence-corrected chi connectivity index (χ1v) is 8.86. The molecular formula is C17H33N3O3. The van der Waals surface area contributed by atoms with Gasteiger partial charge >= 0.3 is 5.97 Å². The molecule has 6 heteroatoms. The quantitative estimate of drug-likeness (QED) is 0.319. The third-order valence-corrected chi connectivity index (χ3v) is 3.62. The summed E-state index contributed by atoms with van der Waals surface area (Å²) in [4.78, 5) is 18.7. The maximum absolute atomic E-state index is 12.0. The van der Waals surface area contributed by atoms with Crippen molar-refractivity contribution in [3.05, 3.63) is 0 Å². The minimum atomic E-state index is -0.0895. The van der Waals surface area contributed by atoms with E-state index in [1.54, 1.807) is 0 Å². The first kappa shape index (κ1) is 19.7. The minimum absolute atomic E-state index is 0.0512. The number of esters is 1. The van der Waals surface area contributed by atoms with Crippen LogP contribution in [0.4, 0.5) is 0 Å². The fourth-order valence-corrected chi connectivity index (χ4v) is 2.58. The molecule has 0 bridgehead atoms. The van der Waals surface area contributed by atoms with E-state index < -0.39 is 0 Å². The van der Waals surface area contributed by atoms with Crippen molar-refractivity contribution in [1.82, 2.24) is 10.2 Å². The average molecular weight is 327 g/mol. The van der Waals surface area contributed by atoms with Crippen LogP contribution in [0.3, 0.4) is 0 Å². The van der Waals surface area contributed by atoms with Crippen LogP contribution in [0.15, 0.2) is 4.99 Å². The summed E-state index contributed by atoms with van der Waals surface area (Å²) in [5.74, 6) is 1.27. The van der Waals surface area contributed by atoms with Gasteiger partial charge in [-0.1, -0.05) is 13.8 Å². The van der Waals surface area contributed by atoms with Gasteiger partial charge in [-0.2, -0.15) is 0 Å². The molecule has 1 atom stereocenters. The van der Waals surface area contributed by atoms with Crippen LogP contribution in [-0.4, -0.2) is 62.8 Å². The standard InChI is InChI=1S/C17H33N3O3/c1-5-18-17(19-9-11-22-13-14(3)4)20-10-7-8-15(12-20)16(21)23-6-2/h14-15H,5-13H2,1-4H3,(H,18,19)/t15-/m0/s1. The van der Waals surface area contributed by atoms with E-state index in [1.165, 1.54) is 0 Å². The van der Waals surface area contributed by atoms with Gasteiger partial charge in [-0.3, -0.25) is 9.79 Å². The Morgan fingerprint density at radius 2 is 2.17 bits per heavy atom. The molecule has 1 N–H and O–H groups in total. The lowest BCUT2D eigenvalue weighted by Gasteiger charge is -2.34. The first-order chi connectivity index (χ1) is 11.1. The second kappa shape index (κ2) is 11.3. The summed E-state index contributed by atoms with van der Waals surface area (Å²) in [6.07, 6.45) is 1.88. The number of rotatable bonds is 8. The zero-order valence-corrected chi connectivity index (χ0v) is 15.1. The van der Waals surface area contributed by atoms with Crippen LogP contribution in [0.25, 0.3) is 0 Å². The molecule has 1 saturated heterocycles. The van der Waals surface area contributed by atoms with Crippen molar-refractivity contribution in [1.29, 1.82) is 0 Å². The van der Waals surface area contributed by atoms with Crippen molar-refractivity contribution in [2.24, 2.45) is 16.8 Å². The molecule has 0 aliphatic carbocycles. The summed E-state index contributed by atoms with van der Waals surface area (Å²) in [6.45, 7) is 13.1. The lowest BCUT2D eigenvalue weighted by molar-refractivity contribution is -0.149. The van der Waals surface area contributed by atoms with Crippen LogP contribution < -0.4 is 5.32 Å². The van der Waals surface area contributed by atoms with Gasteiger partial charge in [0.2, 0.25) is 0 Å². The number of hydrogen-bond donors (Lipinski definition) is 1. The van der Waals surface area contributed by atoms with Gasteiger partial charge in [0, 0.05) is 26.2 Å². The summed E-state index contributed by atoms with van der Waals surface area (Å²) >= 11 is 0. The van der Waals surface area contributed by atoms with Gasteiger partial charge in [0.05, 0.1) is 25.7 Å². The Bertz CT molecular complexity index is 372. The summed E-state index contributed by atoms with van der Waals surface area (Å²) in [7, 11) is 0. The van der Waals surface area contributed by atoms with E-state index in [0.717, 1.165) is 38.5 Å². The molecule has 1 aliphatic heterocycles. The maximum atomic E-state index is 12.0. The molecule has 0 amide bonds. The molecule has 23 heavy (non-hydrogen) atoms. The second-order valence-corrected chi connectivity index (χ2v) is 6.24. The molecule has 1 heterocycles. The summed E-state index contributed by atoms with van der Waals surface area (Å²) in [6, 6.07) is 0. The third kappa shape index (κ3) is 7.68. The van der Waals surface area contributed by atoms with Crippen LogP contribution in [0, 0.1) is 11.8 Å². The van der Waals surface area contributed by atoms with E-state index in [9.17, 15) is 4.79 Å². The SMILES string of the molecule is CCNC(=NCCOCC(C)C)N1CCC[C@H](C(=O)OCC)C1. The number of hydrogen-bond acceptors (Lipinski definition) is 4. The Hall–Kier alpha value is -1.30. The zero-order valence-electron chi connectivity index (χ0n) is 15.1. The van der Waals surface area contributed by atoms with E-state index in [2.05, 4.69) is 36.0 Å². The average Bonchev–Trinajstić information content (AvgIpc) is 2.53. The molecule has 0 spiro atoms. The second-order valence-electron chi connectivity index (χ2n) is 6.24. The molecule has 1 aliphatic rings. The van der Waals surface area contributed by atoms with Gasteiger partial charge in [-0.25, -0.2) is 0 Å². The zero-order chi connectivity index (χ0) is 17.1. The van der Waals surface area contributed by atoms with Gasteiger partial charge in [0.1, 0.15) is 0 Å². The van der Waals surface area contributed by atoms with Crippen molar-refractivity contribution in [2.45, 2.75) is 40.5 Å². The van der Waals surface area contributed by atoms with E-state index in [0.29, 0.717) is 32.2 Å². The molecule has 0 saturated carbocycles. The maximum Gasteiger partial charge on any atom is 0.310 e. The number of carbonyl (C=O) groups excluding carboxylic acids is 1. The highest BCUT2D eigenvalue weighted by Crippen LogP contribution is 2.18. The Morgan fingerprint density at radius 1 is 1.39 bits per heavy atom. The van der Waals surface area contributed by atoms with Gasteiger partial charge in [0.15, 0.2) is 5.96 Å². The van der Waals surface area contributed by atoms with Crippen molar-refractivity contribution in [3.8, 4) is 0 Å². The Kier molecular flexibility index (Phi) is 9.67. The Morgan fingerprint density at radius 3 is 2.83 bits per heavy atom. The topological polar surface area (TPSA) is 63.2 Å². The van der Waals surface area contributed by atoms with Crippen molar-refractivity contribution < 1.29 is 14.3 Å². The van der Waals surface area contributed by atoms with E-state index >= 15 is 0 Å². The Labute approximate surface area is 140 Å². The largest absolute Gasteiger partial charge is 0.466 e. The van der Waals surface area contributed by atoms with Crippen LogP contribution >= 0.6 is 0 Å². The molecule has 0 aromatic heterocycles. The van der Waals surface area contributed by atoms with Gasteiger partial charge in [0.25, 0.3) is 0 Å². The monoisotopic (exact) mass is 327 g/mol. The smallest absolute Gasteiger partial charge is 0.310 e. The van der Waals surface area contributed by atoms with Gasteiger partial charge in [-0.15, -0.1) is 0 Å².